The normalized spacial score (nSPS) is 11.9. The number of rotatable bonds is 5. The summed E-state index contributed by atoms with van der Waals surface area (Å²) in [6.45, 7) is 1.67. The first-order valence-corrected chi connectivity index (χ1v) is 6.46. The maximum atomic E-state index is 11.9. The SMILES string of the molecule is CC(C(=O)N(C)C)n1ccc(=O)nc1SCC(=O)O. The topological polar surface area (TPSA) is 92.5 Å². The van der Waals surface area contributed by atoms with Crippen LogP contribution >= 0.6 is 11.8 Å². The fourth-order valence-electron chi connectivity index (χ4n) is 1.42. The molecule has 0 aliphatic rings. The number of nitrogens with zero attached hydrogens (tertiary/aromatic N) is 3. The van der Waals surface area contributed by atoms with Gasteiger partial charge in [-0.25, -0.2) is 0 Å². The van der Waals surface area contributed by atoms with Crippen molar-refractivity contribution in [2.75, 3.05) is 19.8 Å². The van der Waals surface area contributed by atoms with Gasteiger partial charge in [0.2, 0.25) is 5.91 Å². The fourth-order valence-corrected chi connectivity index (χ4v) is 2.19. The predicted molar refractivity (Wildman–Crippen MR) is 70.3 cm³/mol. The van der Waals surface area contributed by atoms with E-state index in [-0.39, 0.29) is 16.8 Å². The van der Waals surface area contributed by atoms with E-state index in [0.29, 0.717) is 0 Å². The summed E-state index contributed by atoms with van der Waals surface area (Å²) in [6.07, 6.45) is 1.45. The summed E-state index contributed by atoms with van der Waals surface area (Å²) in [5.74, 6) is -1.40. The first-order chi connectivity index (χ1) is 8.82. The molecule has 1 rings (SSSR count). The van der Waals surface area contributed by atoms with Gasteiger partial charge >= 0.3 is 5.97 Å². The van der Waals surface area contributed by atoms with Gasteiger partial charge in [0.05, 0.1) is 5.75 Å². The number of hydrogen-bond donors (Lipinski definition) is 1. The van der Waals surface area contributed by atoms with Crippen LogP contribution in [0.1, 0.15) is 13.0 Å². The van der Waals surface area contributed by atoms with Gasteiger partial charge in [0.1, 0.15) is 6.04 Å². The lowest BCUT2D eigenvalue weighted by Gasteiger charge is -2.21. The molecular formula is C11H15N3O4S. The number of carboxylic acids is 1. The van der Waals surface area contributed by atoms with Crippen LogP contribution < -0.4 is 5.56 Å². The van der Waals surface area contributed by atoms with Gasteiger partial charge in [0, 0.05) is 26.4 Å². The fraction of sp³-hybridized carbons (Fsp3) is 0.455. The third kappa shape index (κ3) is 4.09. The summed E-state index contributed by atoms with van der Waals surface area (Å²) in [4.78, 5) is 38.9. The zero-order valence-electron chi connectivity index (χ0n) is 10.9. The number of thioether (sulfide) groups is 1. The van der Waals surface area contributed by atoms with Crippen LogP contribution in [0, 0.1) is 0 Å². The molecule has 1 amide bonds. The zero-order chi connectivity index (χ0) is 14.6. The van der Waals surface area contributed by atoms with Crippen molar-refractivity contribution in [2.24, 2.45) is 0 Å². The molecule has 0 aliphatic carbocycles. The molecule has 19 heavy (non-hydrogen) atoms. The van der Waals surface area contributed by atoms with Gasteiger partial charge in [0.25, 0.3) is 5.56 Å². The molecule has 0 radical (unpaired) electrons. The number of aromatic nitrogens is 2. The van der Waals surface area contributed by atoms with E-state index >= 15 is 0 Å². The smallest absolute Gasteiger partial charge is 0.313 e. The van der Waals surface area contributed by atoms with Gasteiger partial charge in [-0.2, -0.15) is 4.98 Å². The highest BCUT2D eigenvalue weighted by atomic mass is 32.2. The number of hydrogen-bond acceptors (Lipinski definition) is 5. The van der Waals surface area contributed by atoms with Crippen LogP contribution in [0.2, 0.25) is 0 Å². The number of amides is 1. The molecule has 1 unspecified atom stereocenters. The summed E-state index contributed by atoms with van der Waals surface area (Å²) in [7, 11) is 3.25. The Labute approximate surface area is 114 Å². The lowest BCUT2D eigenvalue weighted by molar-refractivity contribution is -0.134. The Morgan fingerprint density at radius 3 is 2.68 bits per heavy atom. The Morgan fingerprint density at radius 2 is 2.16 bits per heavy atom. The van der Waals surface area contributed by atoms with Crippen molar-refractivity contribution in [1.82, 2.24) is 14.5 Å². The lowest BCUT2D eigenvalue weighted by Crippen LogP contribution is -2.31. The number of carbonyl (C=O) groups excluding carboxylic acids is 1. The number of aliphatic carboxylic acids is 1. The highest BCUT2D eigenvalue weighted by Crippen LogP contribution is 2.19. The molecule has 0 saturated heterocycles. The molecule has 1 aromatic rings. The van der Waals surface area contributed by atoms with E-state index in [9.17, 15) is 14.4 Å². The average molecular weight is 285 g/mol. The molecule has 1 aromatic heterocycles. The second-order valence-corrected chi connectivity index (χ2v) is 4.99. The number of carbonyl (C=O) groups is 2. The van der Waals surface area contributed by atoms with Gasteiger partial charge in [-0.05, 0) is 6.92 Å². The summed E-state index contributed by atoms with van der Waals surface area (Å²) < 4.78 is 1.50. The van der Waals surface area contributed by atoms with Crippen LogP contribution in [0.15, 0.2) is 22.2 Å². The molecule has 104 valence electrons. The van der Waals surface area contributed by atoms with Crippen molar-refractivity contribution in [3.63, 3.8) is 0 Å². The van der Waals surface area contributed by atoms with E-state index in [0.717, 1.165) is 11.8 Å². The van der Waals surface area contributed by atoms with Gasteiger partial charge in [-0.15, -0.1) is 0 Å². The first-order valence-electron chi connectivity index (χ1n) is 5.48. The summed E-state index contributed by atoms with van der Waals surface area (Å²) in [5.41, 5.74) is -0.464. The quantitative estimate of drug-likeness (QED) is 0.608. The number of likely N-dealkylation sites (N-methyl/N-ethyl adjacent to an activating group) is 1. The van der Waals surface area contributed by atoms with Crippen LogP contribution in [0.3, 0.4) is 0 Å². The molecule has 8 heteroatoms. The minimum absolute atomic E-state index is 0.164. The van der Waals surface area contributed by atoms with Gasteiger partial charge in [-0.1, -0.05) is 11.8 Å². The average Bonchev–Trinajstić information content (AvgIpc) is 2.34. The van der Waals surface area contributed by atoms with E-state index in [2.05, 4.69) is 4.98 Å². The minimum atomic E-state index is -1.01. The second-order valence-electron chi connectivity index (χ2n) is 4.05. The Morgan fingerprint density at radius 1 is 1.53 bits per heavy atom. The van der Waals surface area contributed by atoms with Crippen LogP contribution in [0.25, 0.3) is 0 Å². The van der Waals surface area contributed by atoms with Crippen molar-refractivity contribution >= 4 is 23.6 Å². The molecule has 0 spiro atoms. The van der Waals surface area contributed by atoms with Crippen LogP contribution in [0.5, 0.6) is 0 Å². The molecule has 0 aromatic carbocycles. The van der Waals surface area contributed by atoms with Crippen molar-refractivity contribution < 1.29 is 14.7 Å². The van der Waals surface area contributed by atoms with Crippen molar-refractivity contribution in [2.45, 2.75) is 18.1 Å². The van der Waals surface area contributed by atoms with Crippen LogP contribution in [-0.2, 0) is 9.59 Å². The van der Waals surface area contributed by atoms with Gasteiger partial charge in [-0.3, -0.25) is 14.4 Å². The largest absolute Gasteiger partial charge is 0.481 e. The summed E-state index contributed by atoms with van der Waals surface area (Å²) >= 11 is 0.908. The Bertz CT molecular complexity index is 541. The maximum absolute atomic E-state index is 11.9. The van der Waals surface area contributed by atoms with E-state index < -0.39 is 17.6 Å². The molecule has 7 nitrogen and oxygen atoms in total. The third-order valence-electron chi connectivity index (χ3n) is 2.34. The Balaban J connectivity index is 3.08. The molecule has 0 aliphatic heterocycles. The summed E-state index contributed by atoms with van der Waals surface area (Å²) in [5, 5.41) is 8.88. The maximum Gasteiger partial charge on any atom is 0.313 e. The standard InChI is InChI=1S/C11H15N3O4S/c1-7(10(18)13(2)3)14-5-4-8(15)12-11(14)19-6-9(16)17/h4-5,7H,6H2,1-3H3,(H,16,17). The Hall–Kier alpha value is -1.83. The van der Waals surface area contributed by atoms with E-state index in [1.807, 2.05) is 0 Å². The highest BCUT2D eigenvalue weighted by Gasteiger charge is 2.19. The van der Waals surface area contributed by atoms with Crippen molar-refractivity contribution in [3.05, 3.63) is 22.6 Å². The molecule has 0 saturated carbocycles. The highest BCUT2D eigenvalue weighted by molar-refractivity contribution is 7.99. The van der Waals surface area contributed by atoms with Gasteiger partial charge < -0.3 is 14.6 Å². The third-order valence-corrected chi connectivity index (χ3v) is 3.30. The van der Waals surface area contributed by atoms with E-state index in [4.69, 9.17) is 5.11 Å². The second kappa shape index (κ2) is 6.37. The molecular weight excluding hydrogens is 270 g/mol. The molecule has 1 atom stereocenters. The van der Waals surface area contributed by atoms with Crippen LogP contribution in [0.4, 0.5) is 0 Å². The van der Waals surface area contributed by atoms with Crippen molar-refractivity contribution in [1.29, 1.82) is 0 Å². The number of carboxylic acid groups (broad SMARTS) is 1. The molecule has 0 bridgehead atoms. The monoisotopic (exact) mass is 285 g/mol. The lowest BCUT2D eigenvalue weighted by atomic mass is 10.3. The van der Waals surface area contributed by atoms with Crippen LogP contribution in [-0.4, -0.2) is 51.3 Å². The van der Waals surface area contributed by atoms with E-state index in [1.165, 1.54) is 21.7 Å². The first kappa shape index (κ1) is 15.2. The zero-order valence-corrected chi connectivity index (χ0v) is 11.7. The predicted octanol–water partition coefficient (Wildman–Crippen LogP) is 0.0692. The molecule has 1 heterocycles. The molecule has 1 N–H and O–H groups in total. The Kier molecular flexibility index (Phi) is 5.11. The van der Waals surface area contributed by atoms with E-state index in [1.54, 1.807) is 21.0 Å². The summed E-state index contributed by atoms with van der Waals surface area (Å²) in [6, 6.07) is 0.684. The minimum Gasteiger partial charge on any atom is -0.481 e. The molecule has 0 fully saturated rings. The van der Waals surface area contributed by atoms with Gasteiger partial charge in [0.15, 0.2) is 5.16 Å². The van der Waals surface area contributed by atoms with Crippen molar-refractivity contribution in [3.8, 4) is 0 Å².